The van der Waals surface area contributed by atoms with E-state index in [-0.39, 0.29) is 18.9 Å². The predicted molar refractivity (Wildman–Crippen MR) is 46.3 cm³/mol. The monoisotopic (exact) mass is 253 g/mol. The van der Waals surface area contributed by atoms with E-state index in [2.05, 4.69) is 26.6 Å². The number of hydrogen-bond donors (Lipinski definition) is 1. The summed E-state index contributed by atoms with van der Waals surface area (Å²) < 4.78 is 52.6. The molecular formula is C8H7F4N3O2. The van der Waals surface area contributed by atoms with E-state index in [1.807, 2.05) is 0 Å². The number of aromatic nitrogens is 2. The van der Waals surface area contributed by atoms with E-state index in [0.29, 0.717) is 0 Å². The van der Waals surface area contributed by atoms with Gasteiger partial charge >= 0.3 is 6.18 Å². The van der Waals surface area contributed by atoms with Crippen LogP contribution in [0.25, 0.3) is 0 Å². The first-order chi connectivity index (χ1) is 7.80. The molecule has 0 fully saturated rings. The van der Waals surface area contributed by atoms with Crippen LogP contribution in [0.3, 0.4) is 0 Å². The zero-order valence-electron chi connectivity index (χ0n) is 8.34. The molecular weight excluding hydrogens is 246 g/mol. The highest BCUT2D eigenvalue weighted by Gasteiger charge is 2.37. The summed E-state index contributed by atoms with van der Waals surface area (Å²) in [5.41, 5.74) is 0. The SMILES string of the molecule is C=C(F)C(=O)NCCc1nc(C(F)(F)F)no1. The van der Waals surface area contributed by atoms with Gasteiger partial charge in [-0.3, -0.25) is 4.79 Å². The third-order valence-corrected chi connectivity index (χ3v) is 1.59. The zero-order chi connectivity index (χ0) is 13.1. The largest absolute Gasteiger partial charge is 0.455 e. The van der Waals surface area contributed by atoms with Crippen LogP contribution in [0, 0.1) is 0 Å². The molecule has 1 heterocycles. The summed E-state index contributed by atoms with van der Waals surface area (Å²) in [6.45, 7) is 2.60. The van der Waals surface area contributed by atoms with Crippen LogP contribution in [0.5, 0.6) is 0 Å². The summed E-state index contributed by atoms with van der Waals surface area (Å²) in [4.78, 5) is 13.7. The minimum absolute atomic E-state index is 0.137. The summed E-state index contributed by atoms with van der Waals surface area (Å²) in [5, 5.41) is 4.76. The Kier molecular flexibility index (Phi) is 3.81. The van der Waals surface area contributed by atoms with Crippen LogP contribution < -0.4 is 5.32 Å². The molecule has 94 valence electrons. The maximum absolute atomic E-state index is 12.2. The van der Waals surface area contributed by atoms with Crippen molar-refractivity contribution in [2.45, 2.75) is 12.6 Å². The van der Waals surface area contributed by atoms with E-state index in [9.17, 15) is 22.4 Å². The number of amides is 1. The number of rotatable bonds is 4. The third kappa shape index (κ3) is 3.85. The van der Waals surface area contributed by atoms with Crippen molar-refractivity contribution in [1.29, 1.82) is 0 Å². The van der Waals surface area contributed by atoms with Gasteiger partial charge in [0.15, 0.2) is 5.83 Å². The lowest BCUT2D eigenvalue weighted by atomic mass is 10.4. The molecule has 0 aliphatic heterocycles. The van der Waals surface area contributed by atoms with Crippen molar-refractivity contribution >= 4 is 5.91 Å². The highest BCUT2D eigenvalue weighted by Crippen LogP contribution is 2.26. The maximum atomic E-state index is 12.2. The van der Waals surface area contributed by atoms with Crippen molar-refractivity contribution in [3.8, 4) is 0 Å². The lowest BCUT2D eigenvalue weighted by Crippen LogP contribution is -2.25. The highest BCUT2D eigenvalue weighted by atomic mass is 19.4. The Bertz CT molecular complexity index is 427. The van der Waals surface area contributed by atoms with Gasteiger partial charge in [-0.1, -0.05) is 11.7 Å². The number of halogens is 4. The normalized spacial score (nSPS) is 11.3. The fourth-order valence-corrected chi connectivity index (χ4v) is 0.850. The quantitative estimate of drug-likeness (QED) is 0.647. The molecule has 1 aromatic heterocycles. The lowest BCUT2D eigenvalue weighted by molar-refractivity contribution is -0.146. The molecule has 1 aromatic rings. The minimum atomic E-state index is -4.68. The van der Waals surface area contributed by atoms with Crippen LogP contribution in [-0.4, -0.2) is 22.6 Å². The van der Waals surface area contributed by atoms with E-state index in [1.54, 1.807) is 0 Å². The van der Waals surface area contributed by atoms with Gasteiger partial charge < -0.3 is 9.84 Å². The van der Waals surface area contributed by atoms with Crippen LogP contribution >= 0.6 is 0 Å². The zero-order valence-corrected chi connectivity index (χ0v) is 8.34. The van der Waals surface area contributed by atoms with Crippen molar-refractivity contribution in [3.63, 3.8) is 0 Å². The van der Waals surface area contributed by atoms with Crippen molar-refractivity contribution in [3.05, 3.63) is 24.1 Å². The third-order valence-electron chi connectivity index (χ3n) is 1.59. The van der Waals surface area contributed by atoms with Crippen LogP contribution in [0.15, 0.2) is 16.9 Å². The van der Waals surface area contributed by atoms with Crippen molar-refractivity contribution in [2.24, 2.45) is 0 Å². The molecule has 1 N–H and O–H groups in total. The number of carbonyl (C=O) groups excluding carboxylic acids is 1. The fourth-order valence-electron chi connectivity index (χ4n) is 0.850. The van der Waals surface area contributed by atoms with E-state index in [4.69, 9.17) is 0 Å². The molecule has 0 saturated heterocycles. The molecule has 1 rings (SSSR count). The van der Waals surface area contributed by atoms with E-state index < -0.39 is 23.7 Å². The fraction of sp³-hybridized carbons (Fsp3) is 0.375. The molecule has 0 radical (unpaired) electrons. The van der Waals surface area contributed by atoms with E-state index in [1.165, 1.54) is 0 Å². The van der Waals surface area contributed by atoms with Crippen LogP contribution in [0.4, 0.5) is 17.6 Å². The van der Waals surface area contributed by atoms with Crippen LogP contribution in [0.2, 0.25) is 0 Å². The summed E-state index contributed by atoms with van der Waals surface area (Å²) in [6.07, 6.45) is -4.82. The van der Waals surface area contributed by atoms with Gasteiger partial charge in [0.05, 0.1) is 0 Å². The molecule has 0 spiro atoms. The van der Waals surface area contributed by atoms with E-state index in [0.717, 1.165) is 0 Å². The molecule has 0 aromatic carbocycles. The second-order valence-corrected chi connectivity index (χ2v) is 2.92. The topological polar surface area (TPSA) is 68.0 Å². The summed E-state index contributed by atoms with van der Waals surface area (Å²) in [6, 6.07) is 0. The molecule has 1 amide bonds. The Morgan fingerprint density at radius 3 is 2.59 bits per heavy atom. The van der Waals surface area contributed by atoms with Gasteiger partial charge in [0.2, 0.25) is 5.89 Å². The molecule has 0 aliphatic carbocycles. The average molecular weight is 253 g/mol. The average Bonchev–Trinajstić information content (AvgIpc) is 2.65. The summed E-state index contributed by atoms with van der Waals surface area (Å²) in [7, 11) is 0. The predicted octanol–water partition coefficient (Wildman–Crippen LogP) is 1.23. The molecule has 0 unspecified atom stereocenters. The molecule has 0 saturated carbocycles. The molecule has 9 heteroatoms. The van der Waals surface area contributed by atoms with Crippen LogP contribution in [0.1, 0.15) is 11.7 Å². The van der Waals surface area contributed by atoms with Crippen molar-refractivity contribution < 1.29 is 26.9 Å². The molecule has 5 nitrogen and oxygen atoms in total. The Morgan fingerprint density at radius 1 is 1.47 bits per heavy atom. The minimum Gasteiger partial charge on any atom is -0.350 e. The molecule has 0 aliphatic rings. The van der Waals surface area contributed by atoms with Gasteiger partial charge in [-0.2, -0.15) is 18.2 Å². The van der Waals surface area contributed by atoms with E-state index >= 15 is 0 Å². The molecule has 0 atom stereocenters. The molecule has 17 heavy (non-hydrogen) atoms. The van der Waals surface area contributed by atoms with Crippen molar-refractivity contribution in [2.75, 3.05) is 6.54 Å². The first-order valence-electron chi connectivity index (χ1n) is 4.33. The Hall–Kier alpha value is -1.93. The number of carbonyl (C=O) groups is 1. The van der Waals surface area contributed by atoms with Crippen LogP contribution in [-0.2, 0) is 17.4 Å². The summed E-state index contributed by atoms with van der Waals surface area (Å²) in [5.74, 6) is -3.93. The molecule has 0 bridgehead atoms. The first kappa shape index (κ1) is 13.1. The number of nitrogens with one attached hydrogen (secondary N) is 1. The first-order valence-corrected chi connectivity index (χ1v) is 4.33. The van der Waals surface area contributed by atoms with Gasteiger partial charge in [0, 0.05) is 13.0 Å². The maximum Gasteiger partial charge on any atom is 0.455 e. The van der Waals surface area contributed by atoms with Gasteiger partial charge in [-0.15, -0.1) is 0 Å². The second kappa shape index (κ2) is 4.93. The Labute approximate surface area is 92.5 Å². The number of alkyl halides is 3. The van der Waals surface area contributed by atoms with Crippen molar-refractivity contribution in [1.82, 2.24) is 15.5 Å². The number of nitrogens with zero attached hydrogens (tertiary/aromatic N) is 2. The summed E-state index contributed by atoms with van der Waals surface area (Å²) >= 11 is 0. The Balaban J connectivity index is 2.46. The van der Waals surface area contributed by atoms with Gasteiger partial charge in [-0.25, -0.2) is 4.39 Å². The standard InChI is InChI=1S/C8H7F4N3O2/c1-4(9)6(16)13-3-2-5-14-7(15-17-5)8(10,11)12/h1-3H2,(H,13,16). The number of hydrogen-bond acceptors (Lipinski definition) is 4. The highest BCUT2D eigenvalue weighted by molar-refractivity contribution is 5.90. The smallest absolute Gasteiger partial charge is 0.350 e. The Morgan fingerprint density at radius 2 is 2.12 bits per heavy atom. The van der Waals surface area contributed by atoms with Gasteiger partial charge in [0.25, 0.3) is 11.7 Å². The lowest BCUT2D eigenvalue weighted by Gasteiger charge is -1.99. The van der Waals surface area contributed by atoms with Gasteiger partial charge in [-0.05, 0) is 0 Å². The second-order valence-electron chi connectivity index (χ2n) is 2.92. The van der Waals surface area contributed by atoms with Gasteiger partial charge in [0.1, 0.15) is 0 Å².